The SMILES string of the molecule is Cl[C]c1ccco1. The molecule has 2 heteroatoms. The average Bonchev–Trinajstić information content (AvgIpc) is 2.14. The molecule has 0 amide bonds. The fourth-order valence-electron chi connectivity index (χ4n) is 0.332. The summed E-state index contributed by atoms with van der Waals surface area (Å²) in [6, 6.07) is 3.48. The highest BCUT2D eigenvalue weighted by Gasteiger charge is 1.88. The Kier molecular flexibility index (Phi) is 1.37. The molecule has 0 spiro atoms. The zero-order chi connectivity index (χ0) is 5.11. The Hall–Kier alpha value is -0.430. The van der Waals surface area contributed by atoms with Crippen LogP contribution in [0.15, 0.2) is 22.8 Å². The average molecular weight is 115 g/mol. The maximum absolute atomic E-state index is 5.12. The second kappa shape index (κ2) is 2.03. The van der Waals surface area contributed by atoms with E-state index in [1.165, 1.54) is 0 Å². The van der Waals surface area contributed by atoms with Crippen molar-refractivity contribution in [3.63, 3.8) is 0 Å². The molecule has 36 valence electrons. The van der Waals surface area contributed by atoms with E-state index in [4.69, 9.17) is 16.0 Å². The lowest BCUT2D eigenvalue weighted by Crippen LogP contribution is -1.58. The number of hydrogen-bond donors (Lipinski definition) is 0. The zero-order valence-electron chi connectivity index (χ0n) is 3.52. The summed E-state index contributed by atoms with van der Waals surface area (Å²) < 4.78 is 4.74. The van der Waals surface area contributed by atoms with Crippen LogP contribution in [0, 0.1) is 5.88 Å². The quantitative estimate of drug-likeness (QED) is 0.544. The van der Waals surface area contributed by atoms with Gasteiger partial charge in [-0.1, -0.05) is 0 Å². The molecule has 1 heterocycles. The molecular formula is C5H3ClO. The van der Waals surface area contributed by atoms with Crippen LogP contribution in [0.5, 0.6) is 0 Å². The third-order valence-corrected chi connectivity index (χ3v) is 0.801. The summed E-state index contributed by atoms with van der Waals surface area (Å²) in [4.78, 5) is 0. The highest BCUT2D eigenvalue weighted by molar-refractivity contribution is 6.24. The van der Waals surface area contributed by atoms with Gasteiger partial charge in [0.15, 0.2) is 5.88 Å². The number of halogens is 1. The molecule has 0 fully saturated rings. The van der Waals surface area contributed by atoms with Crippen molar-refractivity contribution in [2.24, 2.45) is 0 Å². The van der Waals surface area contributed by atoms with Crippen molar-refractivity contribution < 1.29 is 4.42 Å². The van der Waals surface area contributed by atoms with Gasteiger partial charge in [0, 0.05) is 0 Å². The van der Waals surface area contributed by atoms with Crippen molar-refractivity contribution in [3.8, 4) is 0 Å². The van der Waals surface area contributed by atoms with E-state index in [2.05, 4.69) is 5.88 Å². The molecule has 2 radical (unpaired) electrons. The molecule has 0 aliphatic rings. The van der Waals surface area contributed by atoms with E-state index in [1.54, 1.807) is 18.4 Å². The molecule has 7 heavy (non-hydrogen) atoms. The predicted octanol–water partition coefficient (Wildman–Crippen LogP) is 1.91. The molecule has 0 aromatic carbocycles. The van der Waals surface area contributed by atoms with E-state index in [9.17, 15) is 0 Å². The Morgan fingerprint density at radius 2 is 2.57 bits per heavy atom. The van der Waals surface area contributed by atoms with E-state index in [1.807, 2.05) is 0 Å². The lowest BCUT2D eigenvalue weighted by atomic mass is 10.5. The standard InChI is InChI=1S/C5H3ClO/c6-4-5-2-1-3-7-5/h1-3H. The molecule has 0 N–H and O–H groups in total. The van der Waals surface area contributed by atoms with Gasteiger partial charge in [0.2, 0.25) is 0 Å². The first-order chi connectivity index (χ1) is 3.43. The Balaban J connectivity index is 2.76. The molecule has 1 nitrogen and oxygen atoms in total. The Morgan fingerprint density at radius 3 is 2.86 bits per heavy atom. The maximum atomic E-state index is 5.12. The van der Waals surface area contributed by atoms with Crippen molar-refractivity contribution in [1.82, 2.24) is 0 Å². The van der Waals surface area contributed by atoms with E-state index >= 15 is 0 Å². The Bertz CT molecular complexity index is 123. The molecule has 0 unspecified atom stereocenters. The summed E-state index contributed by atoms with van der Waals surface area (Å²) in [6.45, 7) is 0. The molecule has 1 aromatic rings. The van der Waals surface area contributed by atoms with Crippen LogP contribution in [-0.2, 0) is 0 Å². The fraction of sp³-hybridized carbons (Fsp3) is 0. The van der Waals surface area contributed by atoms with Crippen LogP contribution in [-0.4, -0.2) is 0 Å². The molecule has 0 saturated carbocycles. The van der Waals surface area contributed by atoms with Gasteiger partial charge >= 0.3 is 0 Å². The van der Waals surface area contributed by atoms with Crippen molar-refractivity contribution in [2.75, 3.05) is 0 Å². The summed E-state index contributed by atoms with van der Waals surface area (Å²) in [5.41, 5.74) is 0. The first kappa shape index (κ1) is 4.72. The summed E-state index contributed by atoms with van der Waals surface area (Å²) >= 11 is 5.12. The molecular weight excluding hydrogens is 112 g/mol. The number of rotatable bonds is 1. The summed E-state index contributed by atoms with van der Waals surface area (Å²) in [7, 11) is 0. The van der Waals surface area contributed by atoms with E-state index in [0.29, 0.717) is 5.76 Å². The van der Waals surface area contributed by atoms with Gasteiger partial charge in [0.05, 0.1) is 6.26 Å². The fourth-order valence-corrected chi connectivity index (χ4v) is 0.440. The minimum absolute atomic E-state index is 0.571. The van der Waals surface area contributed by atoms with E-state index in [-0.39, 0.29) is 0 Å². The van der Waals surface area contributed by atoms with E-state index < -0.39 is 0 Å². The van der Waals surface area contributed by atoms with Crippen molar-refractivity contribution in [2.45, 2.75) is 0 Å². The number of furan rings is 1. The van der Waals surface area contributed by atoms with Gasteiger partial charge in [-0.25, -0.2) is 0 Å². The van der Waals surface area contributed by atoms with Crippen LogP contribution in [0.3, 0.4) is 0 Å². The molecule has 1 rings (SSSR count). The molecule has 0 atom stereocenters. The Morgan fingerprint density at radius 1 is 1.71 bits per heavy atom. The number of hydrogen-bond acceptors (Lipinski definition) is 1. The molecule has 0 bridgehead atoms. The first-order valence-electron chi connectivity index (χ1n) is 1.83. The largest absolute Gasteiger partial charge is 0.467 e. The molecule has 1 aromatic heterocycles. The summed E-state index contributed by atoms with van der Waals surface area (Å²) in [6.07, 6.45) is 1.55. The maximum Gasteiger partial charge on any atom is 0.159 e. The Labute approximate surface area is 46.9 Å². The minimum atomic E-state index is 0.571. The lowest BCUT2D eigenvalue weighted by molar-refractivity contribution is 0.546. The van der Waals surface area contributed by atoms with Crippen LogP contribution in [0.4, 0.5) is 0 Å². The minimum Gasteiger partial charge on any atom is -0.467 e. The van der Waals surface area contributed by atoms with Gasteiger partial charge in [-0.15, -0.1) is 11.6 Å². The van der Waals surface area contributed by atoms with E-state index in [0.717, 1.165) is 0 Å². The lowest BCUT2D eigenvalue weighted by Gasteiger charge is -1.75. The summed E-state index contributed by atoms with van der Waals surface area (Å²) in [5, 5.41) is 0. The topological polar surface area (TPSA) is 13.1 Å². The zero-order valence-corrected chi connectivity index (χ0v) is 4.27. The van der Waals surface area contributed by atoms with Gasteiger partial charge in [-0.3, -0.25) is 0 Å². The van der Waals surface area contributed by atoms with Crippen LogP contribution >= 0.6 is 11.6 Å². The summed E-state index contributed by atoms with van der Waals surface area (Å²) in [5.74, 6) is 2.88. The van der Waals surface area contributed by atoms with Gasteiger partial charge in [-0.05, 0) is 12.1 Å². The second-order valence-electron chi connectivity index (χ2n) is 1.07. The highest BCUT2D eigenvalue weighted by Crippen LogP contribution is 2.04. The van der Waals surface area contributed by atoms with Gasteiger partial charge in [0.25, 0.3) is 0 Å². The normalized spacial score (nSPS) is 9.29. The third-order valence-electron chi connectivity index (χ3n) is 0.614. The second-order valence-corrected chi connectivity index (χ2v) is 1.26. The smallest absolute Gasteiger partial charge is 0.159 e. The molecule has 0 saturated heterocycles. The van der Waals surface area contributed by atoms with Crippen molar-refractivity contribution in [3.05, 3.63) is 30.0 Å². The van der Waals surface area contributed by atoms with Gasteiger partial charge in [0.1, 0.15) is 5.76 Å². The van der Waals surface area contributed by atoms with Crippen molar-refractivity contribution >= 4 is 11.6 Å². The first-order valence-corrected chi connectivity index (χ1v) is 2.21. The van der Waals surface area contributed by atoms with Crippen molar-refractivity contribution in [1.29, 1.82) is 0 Å². The molecule has 0 aliphatic heterocycles. The van der Waals surface area contributed by atoms with Crippen LogP contribution in [0.25, 0.3) is 0 Å². The van der Waals surface area contributed by atoms with Crippen LogP contribution < -0.4 is 0 Å². The van der Waals surface area contributed by atoms with Crippen LogP contribution in [0.1, 0.15) is 5.76 Å². The molecule has 0 aliphatic carbocycles. The third kappa shape index (κ3) is 0.967. The highest BCUT2D eigenvalue weighted by atomic mass is 35.5. The van der Waals surface area contributed by atoms with Gasteiger partial charge < -0.3 is 4.42 Å². The van der Waals surface area contributed by atoms with Crippen LogP contribution in [0.2, 0.25) is 0 Å². The predicted molar refractivity (Wildman–Crippen MR) is 26.9 cm³/mol. The monoisotopic (exact) mass is 114 g/mol. The van der Waals surface area contributed by atoms with Gasteiger partial charge in [-0.2, -0.15) is 0 Å².